The van der Waals surface area contributed by atoms with E-state index in [4.69, 9.17) is 4.74 Å². The first-order chi connectivity index (χ1) is 5.72. The van der Waals surface area contributed by atoms with Gasteiger partial charge in [0.1, 0.15) is 0 Å². The van der Waals surface area contributed by atoms with Crippen molar-refractivity contribution in [3.8, 4) is 0 Å². The minimum absolute atomic E-state index is 0.176. The number of carbonyl (C=O) groups excluding carboxylic acids is 1. The standard InChI is InChI=1S/C10H18O2/c1-4-6-8-12-10(11)9(3)7-5-2/h7H,4-6,8H2,1-3H3. The van der Waals surface area contributed by atoms with Crippen LogP contribution in [0.25, 0.3) is 0 Å². The number of carbonyl (C=O) groups is 1. The fourth-order valence-electron chi connectivity index (χ4n) is 0.813. The van der Waals surface area contributed by atoms with E-state index in [0.29, 0.717) is 12.2 Å². The van der Waals surface area contributed by atoms with Crippen LogP contribution in [-0.2, 0) is 9.53 Å². The van der Waals surface area contributed by atoms with E-state index in [1.54, 1.807) is 6.92 Å². The van der Waals surface area contributed by atoms with Crippen LogP contribution in [-0.4, -0.2) is 12.6 Å². The van der Waals surface area contributed by atoms with Crippen LogP contribution in [0, 0.1) is 0 Å². The maximum Gasteiger partial charge on any atom is 0.333 e. The summed E-state index contributed by atoms with van der Waals surface area (Å²) in [6.45, 7) is 6.41. The largest absolute Gasteiger partial charge is 0.462 e. The van der Waals surface area contributed by atoms with Crippen LogP contribution in [0.2, 0.25) is 0 Å². The molecule has 0 bridgehead atoms. The number of esters is 1. The summed E-state index contributed by atoms with van der Waals surface area (Å²) in [6.07, 6.45) is 4.78. The first-order valence-corrected chi connectivity index (χ1v) is 4.56. The van der Waals surface area contributed by atoms with Crippen LogP contribution in [0.3, 0.4) is 0 Å². The zero-order chi connectivity index (χ0) is 9.40. The molecule has 0 aromatic carbocycles. The van der Waals surface area contributed by atoms with Crippen molar-refractivity contribution in [3.05, 3.63) is 11.6 Å². The van der Waals surface area contributed by atoms with Gasteiger partial charge in [-0.2, -0.15) is 0 Å². The minimum Gasteiger partial charge on any atom is -0.462 e. The lowest BCUT2D eigenvalue weighted by atomic mass is 10.2. The lowest BCUT2D eigenvalue weighted by molar-refractivity contribution is -0.139. The molecular weight excluding hydrogens is 152 g/mol. The summed E-state index contributed by atoms with van der Waals surface area (Å²) in [5.41, 5.74) is 0.716. The number of unbranched alkanes of at least 4 members (excludes halogenated alkanes) is 1. The molecule has 0 saturated carbocycles. The van der Waals surface area contributed by atoms with Crippen LogP contribution in [0.1, 0.15) is 40.0 Å². The van der Waals surface area contributed by atoms with Gasteiger partial charge in [-0.05, 0) is 19.8 Å². The monoisotopic (exact) mass is 170 g/mol. The summed E-state index contributed by atoms with van der Waals surface area (Å²) in [5.74, 6) is -0.176. The SMILES string of the molecule is CCC=C(C)C(=O)OCCCC. The molecule has 0 aliphatic carbocycles. The van der Waals surface area contributed by atoms with Crippen LogP contribution in [0.15, 0.2) is 11.6 Å². The average Bonchev–Trinajstić information content (AvgIpc) is 2.05. The second-order valence-electron chi connectivity index (χ2n) is 2.78. The number of ether oxygens (including phenoxy) is 1. The van der Waals surface area contributed by atoms with E-state index in [2.05, 4.69) is 6.92 Å². The molecule has 0 spiro atoms. The van der Waals surface area contributed by atoms with E-state index in [1.165, 1.54) is 0 Å². The molecule has 0 N–H and O–H groups in total. The van der Waals surface area contributed by atoms with Gasteiger partial charge in [0.25, 0.3) is 0 Å². The molecule has 2 heteroatoms. The van der Waals surface area contributed by atoms with E-state index in [-0.39, 0.29) is 5.97 Å². The lowest BCUT2D eigenvalue weighted by Crippen LogP contribution is -2.06. The van der Waals surface area contributed by atoms with Gasteiger partial charge in [0.05, 0.1) is 6.61 Å². The maximum absolute atomic E-state index is 11.1. The molecule has 0 aromatic rings. The molecule has 70 valence electrons. The van der Waals surface area contributed by atoms with Crippen molar-refractivity contribution in [2.75, 3.05) is 6.61 Å². The topological polar surface area (TPSA) is 26.3 Å². The lowest BCUT2D eigenvalue weighted by Gasteiger charge is -2.02. The first-order valence-electron chi connectivity index (χ1n) is 4.56. The number of hydrogen-bond donors (Lipinski definition) is 0. The van der Waals surface area contributed by atoms with Crippen molar-refractivity contribution < 1.29 is 9.53 Å². The van der Waals surface area contributed by atoms with Gasteiger partial charge in [0, 0.05) is 5.57 Å². The molecule has 0 heterocycles. The van der Waals surface area contributed by atoms with Gasteiger partial charge >= 0.3 is 5.97 Å². The smallest absolute Gasteiger partial charge is 0.333 e. The Kier molecular flexibility index (Phi) is 6.44. The van der Waals surface area contributed by atoms with Gasteiger partial charge in [-0.15, -0.1) is 0 Å². The molecule has 0 atom stereocenters. The predicted octanol–water partition coefficient (Wildman–Crippen LogP) is 2.69. The van der Waals surface area contributed by atoms with Gasteiger partial charge in [-0.1, -0.05) is 26.3 Å². The molecule has 0 radical (unpaired) electrons. The summed E-state index contributed by atoms with van der Waals surface area (Å²) < 4.78 is 4.99. The number of allylic oxidation sites excluding steroid dienone is 1. The molecular formula is C10H18O2. The van der Waals surface area contributed by atoms with Crippen LogP contribution in [0.5, 0.6) is 0 Å². The van der Waals surface area contributed by atoms with Crippen molar-refractivity contribution in [2.45, 2.75) is 40.0 Å². The highest BCUT2D eigenvalue weighted by atomic mass is 16.5. The van der Waals surface area contributed by atoms with Crippen molar-refractivity contribution in [1.82, 2.24) is 0 Å². The molecule has 0 amide bonds. The molecule has 12 heavy (non-hydrogen) atoms. The zero-order valence-corrected chi connectivity index (χ0v) is 8.22. The average molecular weight is 170 g/mol. The second-order valence-corrected chi connectivity index (χ2v) is 2.78. The van der Waals surface area contributed by atoms with E-state index >= 15 is 0 Å². The van der Waals surface area contributed by atoms with Gasteiger partial charge < -0.3 is 4.74 Å². The van der Waals surface area contributed by atoms with E-state index < -0.39 is 0 Å². The third-order valence-corrected chi connectivity index (χ3v) is 1.56. The highest BCUT2D eigenvalue weighted by molar-refractivity contribution is 5.87. The van der Waals surface area contributed by atoms with Crippen LogP contribution < -0.4 is 0 Å². The maximum atomic E-state index is 11.1. The Labute approximate surface area is 74.6 Å². The van der Waals surface area contributed by atoms with Crippen LogP contribution >= 0.6 is 0 Å². The van der Waals surface area contributed by atoms with Crippen molar-refractivity contribution in [1.29, 1.82) is 0 Å². The number of hydrogen-bond acceptors (Lipinski definition) is 2. The first kappa shape index (κ1) is 11.2. The Morgan fingerprint density at radius 1 is 1.42 bits per heavy atom. The van der Waals surface area contributed by atoms with Crippen LogP contribution in [0.4, 0.5) is 0 Å². The molecule has 2 nitrogen and oxygen atoms in total. The van der Waals surface area contributed by atoms with Gasteiger partial charge in [0.2, 0.25) is 0 Å². The summed E-state index contributed by atoms with van der Waals surface area (Å²) in [7, 11) is 0. The van der Waals surface area contributed by atoms with Gasteiger partial charge in [-0.3, -0.25) is 0 Å². The zero-order valence-electron chi connectivity index (χ0n) is 8.22. The molecule has 0 aliphatic heterocycles. The van der Waals surface area contributed by atoms with Crippen molar-refractivity contribution >= 4 is 5.97 Å². The van der Waals surface area contributed by atoms with E-state index in [0.717, 1.165) is 19.3 Å². The summed E-state index contributed by atoms with van der Waals surface area (Å²) in [5, 5.41) is 0. The summed E-state index contributed by atoms with van der Waals surface area (Å²) in [4.78, 5) is 11.1. The van der Waals surface area contributed by atoms with Crippen molar-refractivity contribution in [3.63, 3.8) is 0 Å². The fourth-order valence-corrected chi connectivity index (χ4v) is 0.813. The van der Waals surface area contributed by atoms with E-state index in [1.807, 2.05) is 13.0 Å². The molecule has 0 unspecified atom stereocenters. The second kappa shape index (κ2) is 6.89. The predicted molar refractivity (Wildman–Crippen MR) is 49.9 cm³/mol. The van der Waals surface area contributed by atoms with Gasteiger partial charge in [-0.25, -0.2) is 4.79 Å². The molecule has 0 saturated heterocycles. The Morgan fingerprint density at radius 2 is 2.08 bits per heavy atom. The molecule has 0 fully saturated rings. The third kappa shape index (κ3) is 4.94. The third-order valence-electron chi connectivity index (χ3n) is 1.56. The Morgan fingerprint density at radius 3 is 2.58 bits per heavy atom. The quantitative estimate of drug-likeness (QED) is 0.360. The Hall–Kier alpha value is -0.790. The summed E-state index contributed by atoms with van der Waals surface area (Å²) >= 11 is 0. The molecule has 0 aliphatic rings. The highest BCUT2D eigenvalue weighted by Crippen LogP contribution is 1.99. The highest BCUT2D eigenvalue weighted by Gasteiger charge is 2.02. The van der Waals surface area contributed by atoms with Crippen molar-refractivity contribution in [2.24, 2.45) is 0 Å². The molecule has 0 rings (SSSR count). The van der Waals surface area contributed by atoms with E-state index in [9.17, 15) is 4.79 Å². The Bertz CT molecular complexity index is 159. The minimum atomic E-state index is -0.176. The molecule has 0 aromatic heterocycles. The fraction of sp³-hybridized carbons (Fsp3) is 0.700. The van der Waals surface area contributed by atoms with Gasteiger partial charge in [0.15, 0.2) is 0 Å². The Balaban J connectivity index is 3.64. The summed E-state index contributed by atoms with van der Waals surface area (Å²) in [6, 6.07) is 0. The number of rotatable bonds is 5. The normalized spacial score (nSPS) is 11.4.